The first-order chi connectivity index (χ1) is 16.6. The van der Waals surface area contributed by atoms with Crippen molar-refractivity contribution in [2.24, 2.45) is 7.05 Å². The van der Waals surface area contributed by atoms with Crippen molar-refractivity contribution >= 4 is 29.4 Å². The van der Waals surface area contributed by atoms with Gasteiger partial charge in [-0.1, -0.05) is 29.8 Å². The SMILES string of the molecule is Cn1c2c(c(=O)n(CC=O)c1=O)N(Cc1ccc(Cl)cc1)C(Oc1cccc(OC(F)(F)F)c1)N2. The van der Waals surface area contributed by atoms with Crippen LogP contribution in [0.3, 0.4) is 0 Å². The molecule has 35 heavy (non-hydrogen) atoms. The summed E-state index contributed by atoms with van der Waals surface area (Å²) in [5.41, 5.74) is -0.670. The Labute approximate surface area is 200 Å². The monoisotopic (exact) mass is 510 g/mol. The van der Waals surface area contributed by atoms with Gasteiger partial charge in [0, 0.05) is 24.7 Å². The van der Waals surface area contributed by atoms with Gasteiger partial charge in [0.15, 0.2) is 0 Å². The smallest absolute Gasteiger partial charge is 0.452 e. The Balaban J connectivity index is 1.75. The lowest BCUT2D eigenvalue weighted by Gasteiger charge is -2.26. The van der Waals surface area contributed by atoms with Crippen LogP contribution in [0, 0.1) is 0 Å². The zero-order valence-corrected chi connectivity index (χ0v) is 18.8. The molecule has 1 aliphatic rings. The fraction of sp³-hybridized carbons (Fsp3) is 0.227. The number of anilines is 2. The first kappa shape index (κ1) is 24.2. The summed E-state index contributed by atoms with van der Waals surface area (Å²) >= 11 is 5.96. The third-order valence-electron chi connectivity index (χ3n) is 5.17. The van der Waals surface area contributed by atoms with Crippen molar-refractivity contribution in [2.45, 2.75) is 25.8 Å². The molecule has 0 fully saturated rings. The molecule has 13 heteroatoms. The van der Waals surface area contributed by atoms with Crippen LogP contribution in [0.4, 0.5) is 24.7 Å². The molecule has 1 aromatic heterocycles. The Bertz CT molecular complexity index is 1370. The summed E-state index contributed by atoms with van der Waals surface area (Å²) in [7, 11) is 1.41. The molecule has 1 aliphatic heterocycles. The molecule has 2 heterocycles. The van der Waals surface area contributed by atoms with E-state index in [0.717, 1.165) is 26.8 Å². The Morgan fingerprint density at radius 1 is 1.11 bits per heavy atom. The number of carbonyl (C=O) groups excluding carboxylic acids is 1. The lowest BCUT2D eigenvalue weighted by atomic mass is 10.2. The van der Waals surface area contributed by atoms with Crippen molar-refractivity contribution in [1.29, 1.82) is 0 Å². The van der Waals surface area contributed by atoms with Gasteiger partial charge in [-0.3, -0.25) is 13.9 Å². The second kappa shape index (κ2) is 9.37. The summed E-state index contributed by atoms with van der Waals surface area (Å²) in [6.45, 7) is -0.342. The van der Waals surface area contributed by atoms with Crippen LogP contribution in [0.15, 0.2) is 58.1 Å². The van der Waals surface area contributed by atoms with Crippen LogP contribution in [0.2, 0.25) is 5.02 Å². The van der Waals surface area contributed by atoms with E-state index in [1.807, 2.05) is 0 Å². The van der Waals surface area contributed by atoms with Crippen LogP contribution in [0.25, 0.3) is 0 Å². The third-order valence-corrected chi connectivity index (χ3v) is 5.42. The second-order valence-corrected chi connectivity index (χ2v) is 7.95. The van der Waals surface area contributed by atoms with Gasteiger partial charge in [0.25, 0.3) is 11.9 Å². The van der Waals surface area contributed by atoms with Crippen molar-refractivity contribution < 1.29 is 27.4 Å². The fourth-order valence-electron chi connectivity index (χ4n) is 3.64. The van der Waals surface area contributed by atoms with Crippen LogP contribution in [-0.4, -0.2) is 28.1 Å². The molecule has 0 amide bonds. The van der Waals surface area contributed by atoms with E-state index < -0.39 is 36.3 Å². The summed E-state index contributed by atoms with van der Waals surface area (Å²) in [5, 5.41) is 3.43. The van der Waals surface area contributed by atoms with Crippen molar-refractivity contribution in [3.8, 4) is 11.5 Å². The van der Waals surface area contributed by atoms with Crippen LogP contribution in [0.5, 0.6) is 11.5 Å². The molecule has 1 unspecified atom stereocenters. The van der Waals surface area contributed by atoms with Crippen molar-refractivity contribution in [1.82, 2.24) is 9.13 Å². The molecule has 0 saturated heterocycles. The van der Waals surface area contributed by atoms with Gasteiger partial charge < -0.3 is 24.5 Å². The zero-order valence-electron chi connectivity index (χ0n) is 18.1. The number of rotatable bonds is 7. The lowest BCUT2D eigenvalue weighted by molar-refractivity contribution is -0.274. The highest BCUT2D eigenvalue weighted by Gasteiger charge is 2.37. The number of benzene rings is 2. The van der Waals surface area contributed by atoms with Gasteiger partial charge in [0.2, 0.25) is 0 Å². The molecule has 3 aromatic rings. The van der Waals surface area contributed by atoms with Gasteiger partial charge in [-0.2, -0.15) is 0 Å². The third kappa shape index (κ3) is 5.11. The molecular formula is C22H18ClF3N4O5. The van der Waals surface area contributed by atoms with Crippen LogP contribution in [0.1, 0.15) is 5.56 Å². The molecule has 0 radical (unpaired) electrons. The van der Waals surface area contributed by atoms with E-state index in [0.29, 0.717) is 11.3 Å². The summed E-state index contributed by atoms with van der Waals surface area (Å²) < 4.78 is 49.6. The maximum absolute atomic E-state index is 13.2. The van der Waals surface area contributed by atoms with Gasteiger partial charge in [0.1, 0.15) is 29.3 Å². The molecule has 0 bridgehead atoms. The van der Waals surface area contributed by atoms with Gasteiger partial charge in [-0.25, -0.2) is 4.79 Å². The predicted octanol–water partition coefficient (Wildman–Crippen LogP) is 3.09. The van der Waals surface area contributed by atoms with Gasteiger partial charge in [-0.05, 0) is 29.8 Å². The maximum atomic E-state index is 13.2. The molecule has 184 valence electrons. The Kier molecular flexibility index (Phi) is 6.48. The minimum absolute atomic E-state index is 0.0105. The van der Waals surface area contributed by atoms with E-state index in [9.17, 15) is 27.6 Å². The number of alkyl halides is 3. The van der Waals surface area contributed by atoms with Crippen molar-refractivity contribution in [2.75, 3.05) is 10.2 Å². The number of hydrogen-bond donors (Lipinski definition) is 1. The maximum Gasteiger partial charge on any atom is 0.573 e. The molecule has 4 rings (SSSR count). The van der Waals surface area contributed by atoms with Gasteiger partial charge in [0.05, 0.1) is 6.54 Å². The Hall–Kier alpha value is -3.93. The van der Waals surface area contributed by atoms with Crippen molar-refractivity contribution in [3.63, 3.8) is 0 Å². The van der Waals surface area contributed by atoms with E-state index in [1.54, 1.807) is 24.3 Å². The first-order valence-corrected chi connectivity index (χ1v) is 10.5. The second-order valence-electron chi connectivity index (χ2n) is 7.51. The normalized spacial score (nSPS) is 14.9. The molecule has 1 N–H and O–H groups in total. The average Bonchev–Trinajstić information content (AvgIpc) is 3.14. The summed E-state index contributed by atoms with van der Waals surface area (Å²) in [6.07, 6.45) is -5.54. The topological polar surface area (TPSA) is 94.8 Å². The summed E-state index contributed by atoms with van der Waals surface area (Å²) in [4.78, 5) is 38.4. The Morgan fingerprint density at radius 3 is 2.46 bits per heavy atom. The quantitative estimate of drug-likeness (QED) is 0.488. The zero-order chi connectivity index (χ0) is 25.3. The number of halogens is 4. The predicted molar refractivity (Wildman–Crippen MR) is 121 cm³/mol. The molecule has 2 aromatic carbocycles. The number of aldehydes is 1. The number of hydrogen-bond acceptors (Lipinski definition) is 7. The highest BCUT2D eigenvalue weighted by molar-refractivity contribution is 6.30. The van der Waals surface area contributed by atoms with Crippen LogP contribution < -0.4 is 30.9 Å². The largest absolute Gasteiger partial charge is 0.573 e. The Morgan fingerprint density at radius 2 is 1.80 bits per heavy atom. The molecular weight excluding hydrogens is 493 g/mol. The van der Waals surface area contributed by atoms with Gasteiger partial charge >= 0.3 is 12.1 Å². The standard InChI is InChI=1S/C22H18ClF3N4O5/c1-28-18-17(19(32)29(9-10-31)21(28)33)30(12-13-5-7-14(23)8-6-13)20(27-18)34-15-3-2-4-16(11-15)35-22(24,25)26/h2-8,10-11,20,27H,9,12H2,1H3. The molecule has 1 atom stereocenters. The molecule has 9 nitrogen and oxygen atoms in total. The number of carbonyl (C=O) groups is 1. The number of fused-ring (bicyclic) bond motifs is 1. The summed E-state index contributed by atoms with van der Waals surface area (Å²) in [6, 6.07) is 11.6. The highest BCUT2D eigenvalue weighted by atomic mass is 35.5. The van der Waals surface area contributed by atoms with Crippen LogP contribution in [-0.2, 0) is 24.9 Å². The van der Waals surface area contributed by atoms with E-state index in [1.165, 1.54) is 24.1 Å². The van der Waals surface area contributed by atoms with E-state index in [4.69, 9.17) is 16.3 Å². The summed E-state index contributed by atoms with van der Waals surface area (Å²) in [5.74, 6) is -0.351. The number of ether oxygens (including phenoxy) is 2. The van der Waals surface area contributed by atoms with E-state index >= 15 is 0 Å². The molecule has 0 aliphatic carbocycles. The lowest BCUT2D eigenvalue weighted by Crippen LogP contribution is -2.43. The fourth-order valence-corrected chi connectivity index (χ4v) is 3.76. The van der Waals surface area contributed by atoms with Gasteiger partial charge in [-0.15, -0.1) is 13.2 Å². The minimum Gasteiger partial charge on any atom is -0.452 e. The van der Waals surface area contributed by atoms with Crippen molar-refractivity contribution in [3.05, 3.63) is 80.0 Å². The van der Waals surface area contributed by atoms with E-state index in [2.05, 4.69) is 10.1 Å². The highest BCUT2D eigenvalue weighted by Crippen LogP contribution is 2.34. The first-order valence-electron chi connectivity index (χ1n) is 10.1. The molecule has 0 spiro atoms. The average molecular weight is 511 g/mol. The minimum atomic E-state index is -4.89. The number of nitrogens with one attached hydrogen (secondary N) is 1. The molecule has 0 saturated carbocycles. The number of aromatic nitrogens is 2. The number of nitrogens with zero attached hydrogens (tertiary/aromatic N) is 3. The van der Waals surface area contributed by atoms with E-state index in [-0.39, 0.29) is 23.8 Å². The van der Waals surface area contributed by atoms with Crippen LogP contribution >= 0.6 is 11.6 Å².